The second-order valence-electron chi connectivity index (χ2n) is 7.11. The van der Waals surface area contributed by atoms with E-state index in [4.69, 9.17) is 11.6 Å². The second-order valence-corrected chi connectivity index (χ2v) is 7.52. The van der Waals surface area contributed by atoms with Gasteiger partial charge in [-0.1, -0.05) is 29.8 Å². The summed E-state index contributed by atoms with van der Waals surface area (Å²) in [7, 11) is 1.60. The van der Waals surface area contributed by atoms with Crippen LogP contribution in [0.1, 0.15) is 28.8 Å². The molecule has 9 heteroatoms. The summed E-state index contributed by atoms with van der Waals surface area (Å²) in [5, 5.41) is 17.8. The van der Waals surface area contributed by atoms with E-state index in [2.05, 4.69) is 10.6 Å². The molecule has 2 N–H and O–H groups in total. The highest BCUT2D eigenvalue weighted by atomic mass is 35.5. The van der Waals surface area contributed by atoms with Crippen LogP contribution in [0, 0.1) is 16.0 Å². The molecule has 30 heavy (non-hydrogen) atoms. The van der Waals surface area contributed by atoms with Crippen molar-refractivity contribution < 1.29 is 14.5 Å². The van der Waals surface area contributed by atoms with Crippen LogP contribution >= 0.6 is 11.6 Å². The van der Waals surface area contributed by atoms with Crippen molar-refractivity contribution in [3.8, 4) is 0 Å². The lowest BCUT2D eigenvalue weighted by atomic mass is 9.95. The van der Waals surface area contributed by atoms with E-state index in [1.54, 1.807) is 30.1 Å². The number of likely N-dealkylation sites (tertiary alicyclic amines) is 1. The summed E-state index contributed by atoms with van der Waals surface area (Å²) in [4.78, 5) is 37.3. The number of carbonyl (C=O) groups is 2. The summed E-state index contributed by atoms with van der Waals surface area (Å²) < 4.78 is 0. The number of rotatable bonds is 6. The molecule has 158 valence electrons. The van der Waals surface area contributed by atoms with Gasteiger partial charge in [-0.3, -0.25) is 19.7 Å². The van der Waals surface area contributed by atoms with Crippen molar-refractivity contribution >= 4 is 34.8 Å². The van der Waals surface area contributed by atoms with E-state index in [9.17, 15) is 19.7 Å². The molecule has 3 rings (SSSR count). The number of benzene rings is 2. The van der Waals surface area contributed by atoms with Crippen LogP contribution in [0.4, 0.5) is 11.4 Å². The number of nitro groups is 1. The Bertz CT molecular complexity index is 958. The topological polar surface area (TPSA) is 105 Å². The lowest BCUT2D eigenvalue weighted by molar-refractivity contribution is -0.384. The Balaban J connectivity index is 1.72. The third-order valence-electron chi connectivity index (χ3n) is 5.27. The highest BCUT2D eigenvalue weighted by Gasteiger charge is 2.28. The van der Waals surface area contributed by atoms with Crippen LogP contribution in [0.3, 0.4) is 0 Å². The maximum Gasteiger partial charge on any atom is 0.293 e. The van der Waals surface area contributed by atoms with Gasteiger partial charge in [0.15, 0.2) is 0 Å². The Labute approximate surface area is 179 Å². The molecule has 0 aliphatic carbocycles. The fourth-order valence-electron chi connectivity index (χ4n) is 3.53. The van der Waals surface area contributed by atoms with Crippen LogP contribution in [-0.2, 0) is 11.3 Å². The first-order valence-corrected chi connectivity index (χ1v) is 10.0. The summed E-state index contributed by atoms with van der Waals surface area (Å²) >= 11 is 6.14. The normalized spacial score (nSPS) is 14.3. The van der Waals surface area contributed by atoms with Gasteiger partial charge in [0.05, 0.1) is 4.92 Å². The number of nitrogens with zero attached hydrogens (tertiary/aromatic N) is 2. The monoisotopic (exact) mass is 430 g/mol. The van der Waals surface area contributed by atoms with Gasteiger partial charge in [-0.15, -0.1) is 0 Å². The van der Waals surface area contributed by atoms with Crippen molar-refractivity contribution in [1.29, 1.82) is 0 Å². The first-order valence-electron chi connectivity index (χ1n) is 9.67. The van der Waals surface area contributed by atoms with Gasteiger partial charge in [0.1, 0.15) is 5.69 Å². The van der Waals surface area contributed by atoms with Crippen molar-refractivity contribution in [1.82, 2.24) is 10.2 Å². The molecule has 2 amide bonds. The van der Waals surface area contributed by atoms with Gasteiger partial charge in [-0.2, -0.15) is 0 Å². The standard InChI is InChI=1S/C21H23ClN4O4/c1-23-20(27)14-8-10-25(11-9-14)21(28)15-6-7-18(19(12-15)26(29)30)24-13-16-4-2-3-5-17(16)22/h2-7,12,14,24H,8-11,13H2,1H3,(H,23,27). The molecule has 2 aromatic carbocycles. The first-order chi connectivity index (χ1) is 14.4. The lowest BCUT2D eigenvalue weighted by Crippen LogP contribution is -2.42. The Morgan fingerprint density at radius 2 is 1.90 bits per heavy atom. The van der Waals surface area contributed by atoms with E-state index in [1.807, 2.05) is 18.2 Å². The average molecular weight is 431 g/mol. The fraction of sp³-hybridized carbons (Fsp3) is 0.333. The molecule has 0 saturated carbocycles. The predicted octanol–water partition coefficient (Wildman–Crippen LogP) is 3.46. The zero-order chi connectivity index (χ0) is 21.7. The molecule has 1 fully saturated rings. The summed E-state index contributed by atoms with van der Waals surface area (Å²) in [6.07, 6.45) is 1.15. The van der Waals surface area contributed by atoms with Crippen LogP contribution in [0.5, 0.6) is 0 Å². The molecular formula is C21H23ClN4O4. The lowest BCUT2D eigenvalue weighted by Gasteiger charge is -2.31. The van der Waals surface area contributed by atoms with Gasteiger partial charge in [0.2, 0.25) is 5.91 Å². The van der Waals surface area contributed by atoms with E-state index in [-0.39, 0.29) is 29.0 Å². The summed E-state index contributed by atoms with van der Waals surface area (Å²) in [5.74, 6) is -0.400. The van der Waals surface area contributed by atoms with E-state index in [0.717, 1.165) is 5.56 Å². The highest BCUT2D eigenvalue weighted by Crippen LogP contribution is 2.28. The molecule has 0 spiro atoms. The zero-order valence-electron chi connectivity index (χ0n) is 16.6. The number of carbonyl (C=O) groups excluding carboxylic acids is 2. The average Bonchev–Trinajstić information content (AvgIpc) is 2.77. The van der Waals surface area contributed by atoms with Crippen molar-refractivity contribution in [3.63, 3.8) is 0 Å². The molecule has 0 aromatic heterocycles. The number of nitrogens with one attached hydrogen (secondary N) is 2. The molecule has 1 aliphatic rings. The zero-order valence-corrected chi connectivity index (χ0v) is 17.3. The van der Waals surface area contributed by atoms with Crippen LogP contribution in [0.2, 0.25) is 5.02 Å². The molecule has 1 heterocycles. The second kappa shape index (κ2) is 9.58. The van der Waals surface area contributed by atoms with Crippen LogP contribution in [-0.4, -0.2) is 41.8 Å². The van der Waals surface area contributed by atoms with Gasteiger partial charge >= 0.3 is 0 Å². The summed E-state index contributed by atoms with van der Waals surface area (Å²) in [6.45, 7) is 1.20. The minimum atomic E-state index is -0.510. The number of anilines is 1. The van der Waals surface area contributed by atoms with Crippen LogP contribution in [0.25, 0.3) is 0 Å². The summed E-state index contributed by atoms with van der Waals surface area (Å²) in [5.41, 5.74) is 1.21. The molecule has 0 atom stereocenters. The van der Waals surface area contributed by atoms with Crippen molar-refractivity contribution in [2.75, 3.05) is 25.5 Å². The number of hydrogen-bond acceptors (Lipinski definition) is 5. The van der Waals surface area contributed by atoms with Crippen LogP contribution in [0.15, 0.2) is 42.5 Å². The smallest absolute Gasteiger partial charge is 0.293 e. The van der Waals surface area contributed by atoms with E-state index < -0.39 is 4.92 Å². The maximum atomic E-state index is 12.8. The largest absolute Gasteiger partial charge is 0.375 e. The maximum absolute atomic E-state index is 12.8. The van der Waals surface area contributed by atoms with Gasteiger partial charge in [0, 0.05) is 49.3 Å². The number of hydrogen-bond donors (Lipinski definition) is 2. The third kappa shape index (κ3) is 4.88. The predicted molar refractivity (Wildman–Crippen MR) is 115 cm³/mol. The van der Waals surface area contributed by atoms with Gasteiger partial charge < -0.3 is 15.5 Å². The quantitative estimate of drug-likeness (QED) is 0.539. The number of amides is 2. The van der Waals surface area contributed by atoms with Gasteiger partial charge in [0.25, 0.3) is 11.6 Å². The fourth-order valence-corrected chi connectivity index (χ4v) is 3.73. The van der Waals surface area contributed by atoms with Crippen molar-refractivity contribution in [2.24, 2.45) is 5.92 Å². The van der Waals surface area contributed by atoms with Crippen LogP contribution < -0.4 is 10.6 Å². The number of nitro benzene ring substituents is 1. The van der Waals surface area contributed by atoms with E-state index in [0.29, 0.717) is 43.2 Å². The Morgan fingerprint density at radius 1 is 1.20 bits per heavy atom. The minimum absolute atomic E-state index is 0.0216. The molecule has 1 saturated heterocycles. The minimum Gasteiger partial charge on any atom is -0.375 e. The van der Waals surface area contributed by atoms with Crippen molar-refractivity contribution in [2.45, 2.75) is 19.4 Å². The SMILES string of the molecule is CNC(=O)C1CCN(C(=O)c2ccc(NCc3ccccc3Cl)c([N+](=O)[O-])c2)CC1. The molecule has 1 aliphatic heterocycles. The highest BCUT2D eigenvalue weighted by molar-refractivity contribution is 6.31. The molecule has 2 aromatic rings. The molecule has 0 radical (unpaired) electrons. The summed E-state index contributed by atoms with van der Waals surface area (Å²) in [6, 6.07) is 11.7. The van der Waals surface area contributed by atoms with Crippen molar-refractivity contribution in [3.05, 3.63) is 68.7 Å². The Morgan fingerprint density at radius 3 is 2.53 bits per heavy atom. The first kappa shape index (κ1) is 21.6. The Hall–Kier alpha value is -3.13. The van der Waals surface area contributed by atoms with E-state index in [1.165, 1.54) is 6.07 Å². The Kier molecular flexibility index (Phi) is 6.89. The molecular weight excluding hydrogens is 408 g/mol. The van der Waals surface area contributed by atoms with Gasteiger partial charge in [-0.05, 0) is 36.6 Å². The molecule has 0 unspecified atom stereocenters. The third-order valence-corrected chi connectivity index (χ3v) is 5.64. The van der Waals surface area contributed by atoms with E-state index >= 15 is 0 Å². The molecule has 0 bridgehead atoms. The number of halogens is 1. The molecule has 8 nitrogen and oxygen atoms in total. The van der Waals surface area contributed by atoms with Gasteiger partial charge in [-0.25, -0.2) is 0 Å². The number of piperidine rings is 1.